The number of hydrogen-bond donors (Lipinski definition) is 1. The third kappa shape index (κ3) is 3.69. The smallest absolute Gasteiger partial charge is 0.0761 e. The first kappa shape index (κ1) is 14.8. The fourth-order valence-corrected chi connectivity index (χ4v) is 5.47. The molecule has 1 unspecified atom stereocenters. The van der Waals surface area contributed by atoms with E-state index < -0.39 is 0 Å². The standard InChI is InChI=1S/C14H19Br2NS/c1-17-13(11-9-12(15)18-14(11)16)10-7-5-3-2-4-6-8-10/h7,9,13,17H,2-6,8H2,1H3/b10-7+. The van der Waals surface area contributed by atoms with Gasteiger partial charge in [0, 0.05) is 0 Å². The molecular weight excluding hydrogens is 374 g/mol. The molecule has 0 radical (unpaired) electrons. The van der Waals surface area contributed by atoms with Crippen LogP contribution in [0.4, 0.5) is 0 Å². The van der Waals surface area contributed by atoms with Gasteiger partial charge in [0.25, 0.3) is 0 Å². The van der Waals surface area contributed by atoms with Crippen molar-refractivity contribution in [1.29, 1.82) is 0 Å². The SMILES string of the molecule is CNC(/C1=C/CCCCCC1)c1cc(Br)sc1Br. The molecule has 0 bridgehead atoms. The van der Waals surface area contributed by atoms with Crippen molar-refractivity contribution >= 4 is 43.2 Å². The molecular formula is C14H19Br2NS. The molecule has 1 heterocycles. The van der Waals surface area contributed by atoms with Crippen LogP contribution in [0.5, 0.6) is 0 Å². The second-order valence-electron chi connectivity index (χ2n) is 4.73. The lowest BCUT2D eigenvalue weighted by Crippen LogP contribution is -2.19. The van der Waals surface area contributed by atoms with Crippen LogP contribution in [0, 0.1) is 0 Å². The molecule has 0 spiro atoms. The van der Waals surface area contributed by atoms with E-state index in [1.165, 1.54) is 51.7 Å². The van der Waals surface area contributed by atoms with E-state index in [0.29, 0.717) is 6.04 Å². The zero-order chi connectivity index (χ0) is 13.0. The molecule has 0 aromatic carbocycles. The molecule has 100 valence electrons. The second kappa shape index (κ2) is 7.22. The number of halogens is 2. The van der Waals surface area contributed by atoms with Gasteiger partial charge in [-0.2, -0.15) is 0 Å². The second-order valence-corrected chi connectivity index (χ2v) is 8.48. The Labute approximate surface area is 130 Å². The highest BCUT2D eigenvalue weighted by atomic mass is 79.9. The predicted molar refractivity (Wildman–Crippen MR) is 87.3 cm³/mol. The quantitative estimate of drug-likeness (QED) is 0.639. The summed E-state index contributed by atoms with van der Waals surface area (Å²) in [5, 5.41) is 3.48. The third-order valence-corrected chi connectivity index (χ3v) is 5.87. The number of hydrogen-bond acceptors (Lipinski definition) is 2. The van der Waals surface area contributed by atoms with Crippen LogP contribution in [0.3, 0.4) is 0 Å². The zero-order valence-electron chi connectivity index (χ0n) is 10.6. The van der Waals surface area contributed by atoms with Crippen LogP contribution in [0.1, 0.15) is 50.1 Å². The number of likely N-dealkylation sites (N-methyl/N-ethyl adjacent to an activating group) is 1. The molecule has 2 rings (SSSR count). The van der Waals surface area contributed by atoms with E-state index in [-0.39, 0.29) is 0 Å². The molecule has 18 heavy (non-hydrogen) atoms. The Morgan fingerprint density at radius 2 is 2.00 bits per heavy atom. The molecule has 1 aliphatic rings. The largest absolute Gasteiger partial charge is 0.310 e. The highest BCUT2D eigenvalue weighted by molar-refractivity contribution is 9.12. The zero-order valence-corrected chi connectivity index (χ0v) is 14.6. The average molecular weight is 393 g/mol. The maximum atomic E-state index is 3.68. The molecule has 0 saturated heterocycles. The van der Waals surface area contributed by atoms with Gasteiger partial charge in [0.05, 0.1) is 13.6 Å². The minimum absolute atomic E-state index is 0.361. The van der Waals surface area contributed by atoms with Crippen molar-refractivity contribution in [2.45, 2.75) is 44.6 Å². The summed E-state index contributed by atoms with van der Waals surface area (Å²) in [4.78, 5) is 0. The van der Waals surface area contributed by atoms with Crippen molar-refractivity contribution < 1.29 is 0 Å². The first-order valence-electron chi connectivity index (χ1n) is 6.53. The van der Waals surface area contributed by atoms with E-state index in [1.807, 2.05) is 0 Å². The first-order valence-corrected chi connectivity index (χ1v) is 8.93. The van der Waals surface area contributed by atoms with Crippen molar-refractivity contribution in [3.8, 4) is 0 Å². The molecule has 1 aromatic heterocycles. The van der Waals surface area contributed by atoms with Gasteiger partial charge in [0.1, 0.15) is 0 Å². The van der Waals surface area contributed by atoms with Crippen LogP contribution >= 0.6 is 43.2 Å². The third-order valence-electron chi connectivity index (χ3n) is 3.48. The molecule has 1 aromatic rings. The van der Waals surface area contributed by atoms with Crippen molar-refractivity contribution in [3.05, 3.63) is 30.9 Å². The van der Waals surface area contributed by atoms with E-state index in [2.05, 4.69) is 56.4 Å². The summed E-state index contributed by atoms with van der Waals surface area (Å²) in [6, 6.07) is 2.59. The number of allylic oxidation sites excluding steroid dienone is 1. The fraction of sp³-hybridized carbons (Fsp3) is 0.571. The van der Waals surface area contributed by atoms with Gasteiger partial charge in [-0.1, -0.05) is 24.5 Å². The van der Waals surface area contributed by atoms with E-state index in [4.69, 9.17) is 0 Å². The Morgan fingerprint density at radius 3 is 2.67 bits per heavy atom. The molecule has 1 nitrogen and oxygen atoms in total. The number of rotatable bonds is 3. The van der Waals surface area contributed by atoms with Crippen LogP contribution in [-0.2, 0) is 0 Å². The van der Waals surface area contributed by atoms with Gasteiger partial charge in [-0.15, -0.1) is 11.3 Å². The normalized spacial score (nSPS) is 21.8. The van der Waals surface area contributed by atoms with Gasteiger partial charge in [0.15, 0.2) is 0 Å². The predicted octanol–water partition coefficient (Wildman–Crippen LogP) is 5.81. The maximum Gasteiger partial charge on any atom is 0.0761 e. The summed E-state index contributed by atoms with van der Waals surface area (Å²) in [6.45, 7) is 0. The molecule has 0 aliphatic heterocycles. The molecule has 1 aliphatic carbocycles. The van der Waals surface area contributed by atoms with Crippen molar-refractivity contribution in [2.75, 3.05) is 7.05 Å². The monoisotopic (exact) mass is 391 g/mol. The molecule has 0 fully saturated rings. The van der Waals surface area contributed by atoms with Crippen LogP contribution in [0.2, 0.25) is 0 Å². The van der Waals surface area contributed by atoms with Crippen LogP contribution in [0.25, 0.3) is 0 Å². The Kier molecular flexibility index (Phi) is 5.93. The highest BCUT2D eigenvalue weighted by Crippen LogP contribution is 2.39. The first-order chi connectivity index (χ1) is 8.72. The maximum absolute atomic E-state index is 3.68. The van der Waals surface area contributed by atoms with Gasteiger partial charge < -0.3 is 5.32 Å². The lowest BCUT2D eigenvalue weighted by molar-refractivity contribution is 0.574. The molecule has 4 heteroatoms. The average Bonchev–Trinajstić information content (AvgIpc) is 2.62. The topological polar surface area (TPSA) is 12.0 Å². The van der Waals surface area contributed by atoms with E-state index >= 15 is 0 Å². The summed E-state index contributed by atoms with van der Waals surface area (Å²) in [5.41, 5.74) is 2.92. The Hall–Kier alpha value is 0.360. The fourth-order valence-electron chi connectivity index (χ4n) is 2.57. The van der Waals surface area contributed by atoms with Crippen LogP contribution in [-0.4, -0.2) is 7.05 Å². The molecule has 0 saturated carbocycles. The summed E-state index contributed by atoms with van der Waals surface area (Å²) in [7, 11) is 2.06. The minimum atomic E-state index is 0.361. The lowest BCUT2D eigenvalue weighted by Gasteiger charge is -2.21. The van der Waals surface area contributed by atoms with E-state index in [9.17, 15) is 0 Å². The van der Waals surface area contributed by atoms with Crippen LogP contribution in [0.15, 0.2) is 25.3 Å². The van der Waals surface area contributed by atoms with E-state index in [1.54, 1.807) is 16.9 Å². The van der Waals surface area contributed by atoms with Gasteiger partial charge in [-0.25, -0.2) is 0 Å². The summed E-state index contributed by atoms with van der Waals surface area (Å²) in [5.74, 6) is 0. The Balaban J connectivity index is 2.23. The minimum Gasteiger partial charge on any atom is -0.310 e. The summed E-state index contributed by atoms with van der Waals surface area (Å²) in [6.07, 6.45) is 10.4. The van der Waals surface area contributed by atoms with Gasteiger partial charge in [-0.3, -0.25) is 0 Å². The Morgan fingerprint density at radius 1 is 1.22 bits per heavy atom. The summed E-state index contributed by atoms with van der Waals surface area (Å²) < 4.78 is 2.42. The highest BCUT2D eigenvalue weighted by Gasteiger charge is 2.19. The van der Waals surface area contributed by atoms with Crippen molar-refractivity contribution in [1.82, 2.24) is 5.32 Å². The number of nitrogens with one attached hydrogen (secondary N) is 1. The van der Waals surface area contributed by atoms with Crippen molar-refractivity contribution in [2.24, 2.45) is 0 Å². The lowest BCUT2D eigenvalue weighted by atomic mass is 9.92. The summed E-state index contributed by atoms with van der Waals surface area (Å²) >= 11 is 9.01. The van der Waals surface area contributed by atoms with E-state index in [0.717, 1.165) is 0 Å². The van der Waals surface area contributed by atoms with Gasteiger partial charge in [-0.05, 0) is 76.2 Å². The molecule has 0 amide bonds. The molecule has 1 N–H and O–H groups in total. The van der Waals surface area contributed by atoms with Gasteiger partial charge >= 0.3 is 0 Å². The molecule has 1 atom stereocenters. The van der Waals surface area contributed by atoms with Gasteiger partial charge in [0.2, 0.25) is 0 Å². The Bertz CT molecular complexity index is 425. The van der Waals surface area contributed by atoms with Crippen molar-refractivity contribution in [3.63, 3.8) is 0 Å². The van der Waals surface area contributed by atoms with Crippen LogP contribution < -0.4 is 5.32 Å². The number of thiophene rings is 1.